The second-order valence-electron chi connectivity index (χ2n) is 4.45. The summed E-state index contributed by atoms with van der Waals surface area (Å²) in [6, 6.07) is 3.92. The maximum absolute atomic E-state index is 12.0. The molecule has 0 bridgehead atoms. The predicted octanol–water partition coefficient (Wildman–Crippen LogP) is 1.90. The number of carbonyl (C=O) groups excluding carboxylic acids is 2. The number of hydrogen-bond donors (Lipinski definition) is 1. The first-order valence-electron chi connectivity index (χ1n) is 5.82. The van der Waals surface area contributed by atoms with E-state index in [4.69, 9.17) is 0 Å². The molecular weight excluding hydrogens is 316 g/mol. The molecule has 1 fully saturated rings. The molecular formula is C12H15BrN2O2S. The Hall–Kier alpha value is -0.720. The van der Waals surface area contributed by atoms with Crippen molar-refractivity contribution in [2.75, 3.05) is 19.6 Å². The van der Waals surface area contributed by atoms with Gasteiger partial charge in [-0.05, 0) is 34.5 Å². The highest BCUT2D eigenvalue weighted by Crippen LogP contribution is 2.23. The van der Waals surface area contributed by atoms with Crippen molar-refractivity contribution in [3.05, 3.63) is 20.8 Å². The molecule has 0 aromatic carbocycles. The summed E-state index contributed by atoms with van der Waals surface area (Å²) in [7, 11) is 0. The minimum Gasteiger partial charge on any atom is -0.352 e. The molecule has 2 heterocycles. The molecule has 1 atom stereocenters. The summed E-state index contributed by atoms with van der Waals surface area (Å²) in [6.45, 7) is 3.58. The molecule has 1 unspecified atom stereocenters. The van der Waals surface area contributed by atoms with Crippen molar-refractivity contribution in [1.82, 2.24) is 10.2 Å². The van der Waals surface area contributed by atoms with Gasteiger partial charge >= 0.3 is 0 Å². The lowest BCUT2D eigenvalue weighted by Gasteiger charge is -2.14. The number of halogens is 1. The van der Waals surface area contributed by atoms with Crippen LogP contribution in [-0.4, -0.2) is 42.3 Å². The Balaban J connectivity index is 1.84. The van der Waals surface area contributed by atoms with Gasteiger partial charge in [0.05, 0.1) is 15.2 Å². The van der Waals surface area contributed by atoms with Gasteiger partial charge in [0.1, 0.15) is 0 Å². The highest BCUT2D eigenvalue weighted by atomic mass is 79.9. The van der Waals surface area contributed by atoms with Gasteiger partial charge in [0, 0.05) is 26.1 Å². The number of nitrogens with zero attached hydrogens (tertiary/aromatic N) is 1. The van der Waals surface area contributed by atoms with Crippen molar-refractivity contribution in [1.29, 1.82) is 0 Å². The topological polar surface area (TPSA) is 49.4 Å². The fourth-order valence-corrected chi connectivity index (χ4v) is 3.44. The van der Waals surface area contributed by atoms with Crippen LogP contribution in [0, 0.1) is 0 Å². The molecule has 2 rings (SSSR count). The van der Waals surface area contributed by atoms with Crippen LogP contribution in [0.25, 0.3) is 0 Å². The van der Waals surface area contributed by atoms with Gasteiger partial charge in [-0.2, -0.15) is 0 Å². The molecule has 1 aliphatic heterocycles. The van der Waals surface area contributed by atoms with E-state index in [2.05, 4.69) is 26.1 Å². The van der Waals surface area contributed by atoms with Gasteiger partial charge in [-0.3, -0.25) is 14.5 Å². The number of likely N-dealkylation sites (tertiary alicyclic amines) is 1. The fraction of sp³-hybridized carbons (Fsp3) is 0.500. The molecule has 0 spiro atoms. The standard InChI is InChI=1S/C12H15BrN2O2S/c1-8(16)14-9-4-5-15(6-9)7-10(17)11-2-3-12(13)18-11/h2-3,9H,4-7H2,1H3,(H,14,16). The molecule has 1 amide bonds. The van der Waals surface area contributed by atoms with E-state index in [1.807, 2.05) is 12.1 Å². The minimum absolute atomic E-state index is 0.00429. The Morgan fingerprint density at radius 2 is 2.33 bits per heavy atom. The zero-order chi connectivity index (χ0) is 13.1. The van der Waals surface area contributed by atoms with Crippen LogP contribution in [0.5, 0.6) is 0 Å². The van der Waals surface area contributed by atoms with Gasteiger partial charge in [0.2, 0.25) is 5.91 Å². The maximum atomic E-state index is 12.0. The van der Waals surface area contributed by atoms with Gasteiger partial charge < -0.3 is 5.32 Å². The molecule has 4 nitrogen and oxygen atoms in total. The molecule has 0 radical (unpaired) electrons. The number of amides is 1. The molecule has 6 heteroatoms. The Morgan fingerprint density at radius 1 is 1.56 bits per heavy atom. The second-order valence-corrected chi connectivity index (χ2v) is 6.91. The normalized spacial score (nSPS) is 20.0. The monoisotopic (exact) mass is 330 g/mol. The quantitative estimate of drug-likeness (QED) is 0.858. The summed E-state index contributed by atoms with van der Waals surface area (Å²) in [6.07, 6.45) is 0.918. The van der Waals surface area contributed by atoms with Crippen molar-refractivity contribution in [2.45, 2.75) is 19.4 Å². The van der Waals surface area contributed by atoms with Crippen LogP contribution < -0.4 is 5.32 Å². The van der Waals surface area contributed by atoms with Crippen LogP contribution in [0.15, 0.2) is 15.9 Å². The maximum Gasteiger partial charge on any atom is 0.217 e. The SMILES string of the molecule is CC(=O)NC1CCN(CC(=O)c2ccc(Br)s2)C1. The van der Waals surface area contributed by atoms with E-state index in [1.54, 1.807) is 0 Å². The van der Waals surface area contributed by atoms with Crippen LogP contribution in [0.2, 0.25) is 0 Å². The summed E-state index contributed by atoms with van der Waals surface area (Å²) in [5.74, 6) is 0.143. The Bertz CT molecular complexity index is 461. The van der Waals surface area contributed by atoms with Gasteiger partial charge in [0.15, 0.2) is 5.78 Å². The molecule has 18 heavy (non-hydrogen) atoms. The Morgan fingerprint density at radius 3 is 2.94 bits per heavy atom. The van der Waals surface area contributed by atoms with E-state index in [9.17, 15) is 9.59 Å². The average Bonchev–Trinajstić information content (AvgIpc) is 2.87. The second kappa shape index (κ2) is 5.95. The van der Waals surface area contributed by atoms with Crippen molar-refractivity contribution in [2.24, 2.45) is 0 Å². The summed E-state index contributed by atoms with van der Waals surface area (Å²) in [5, 5.41) is 2.89. The van der Waals surface area contributed by atoms with Crippen LogP contribution in [-0.2, 0) is 4.79 Å². The lowest BCUT2D eigenvalue weighted by atomic mass is 10.2. The van der Waals surface area contributed by atoms with E-state index >= 15 is 0 Å². The molecule has 1 aromatic heterocycles. The lowest BCUT2D eigenvalue weighted by molar-refractivity contribution is -0.119. The minimum atomic E-state index is -0.00429. The van der Waals surface area contributed by atoms with E-state index in [1.165, 1.54) is 18.3 Å². The number of nitrogens with one attached hydrogen (secondary N) is 1. The zero-order valence-corrected chi connectivity index (χ0v) is 12.5. The van der Waals surface area contributed by atoms with Crippen molar-refractivity contribution in [3.8, 4) is 0 Å². The first-order chi connectivity index (χ1) is 8.54. The zero-order valence-electron chi connectivity index (χ0n) is 10.1. The highest BCUT2D eigenvalue weighted by molar-refractivity contribution is 9.11. The molecule has 1 aliphatic rings. The number of Topliss-reactive ketones (excluding diaryl/α,β-unsaturated/α-hetero) is 1. The van der Waals surface area contributed by atoms with Crippen LogP contribution in [0.3, 0.4) is 0 Å². The van der Waals surface area contributed by atoms with E-state index < -0.39 is 0 Å². The molecule has 1 saturated heterocycles. The van der Waals surface area contributed by atoms with Crippen LogP contribution >= 0.6 is 27.3 Å². The number of thiophene rings is 1. The fourth-order valence-electron chi connectivity index (χ4n) is 2.13. The number of ketones is 1. The third-order valence-electron chi connectivity index (χ3n) is 2.89. The lowest BCUT2D eigenvalue weighted by Crippen LogP contribution is -2.36. The van der Waals surface area contributed by atoms with E-state index in [0.717, 1.165) is 28.2 Å². The Kier molecular flexibility index (Phi) is 4.53. The van der Waals surface area contributed by atoms with Crippen LogP contribution in [0.4, 0.5) is 0 Å². The number of carbonyl (C=O) groups is 2. The number of rotatable bonds is 4. The molecule has 0 aliphatic carbocycles. The summed E-state index contributed by atoms with van der Waals surface area (Å²) < 4.78 is 0.975. The summed E-state index contributed by atoms with van der Waals surface area (Å²) in [5.41, 5.74) is 0. The average molecular weight is 331 g/mol. The first kappa shape index (κ1) is 13.7. The van der Waals surface area contributed by atoms with E-state index in [0.29, 0.717) is 6.54 Å². The highest BCUT2D eigenvalue weighted by Gasteiger charge is 2.25. The van der Waals surface area contributed by atoms with E-state index in [-0.39, 0.29) is 17.7 Å². The first-order valence-corrected chi connectivity index (χ1v) is 7.43. The van der Waals surface area contributed by atoms with Gasteiger partial charge in [-0.15, -0.1) is 11.3 Å². The smallest absolute Gasteiger partial charge is 0.217 e. The Labute approximate surface area is 118 Å². The summed E-state index contributed by atoms with van der Waals surface area (Å²) in [4.78, 5) is 25.8. The van der Waals surface area contributed by atoms with Crippen molar-refractivity contribution in [3.63, 3.8) is 0 Å². The number of hydrogen-bond acceptors (Lipinski definition) is 4. The van der Waals surface area contributed by atoms with Gasteiger partial charge in [0.25, 0.3) is 0 Å². The third kappa shape index (κ3) is 3.63. The summed E-state index contributed by atoms with van der Waals surface area (Å²) >= 11 is 4.82. The van der Waals surface area contributed by atoms with Crippen molar-refractivity contribution >= 4 is 39.0 Å². The van der Waals surface area contributed by atoms with Crippen molar-refractivity contribution < 1.29 is 9.59 Å². The van der Waals surface area contributed by atoms with Gasteiger partial charge in [-0.1, -0.05) is 0 Å². The third-order valence-corrected chi connectivity index (χ3v) is 4.56. The molecule has 1 aromatic rings. The molecule has 1 N–H and O–H groups in total. The molecule has 0 saturated carbocycles. The largest absolute Gasteiger partial charge is 0.352 e. The van der Waals surface area contributed by atoms with Crippen LogP contribution in [0.1, 0.15) is 23.0 Å². The predicted molar refractivity (Wildman–Crippen MR) is 75.0 cm³/mol. The van der Waals surface area contributed by atoms with Gasteiger partial charge in [-0.25, -0.2) is 0 Å². The molecule has 98 valence electrons.